The number of ether oxygens (including phenoxy) is 5. The van der Waals surface area contributed by atoms with Crippen molar-refractivity contribution in [2.24, 2.45) is 0 Å². The van der Waals surface area contributed by atoms with Gasteiger partial charge in [0, 0.05) is 19.3 Å². The van der Waals surface area contributed by atoms with Crippen molar-refractivity contribution in [2.75, 3.05) is 13.2 Å². The van der Waals surface area contributed by atoms with E-state index in [1.807, 2.05) is 18.2 Å². The molecule has 0 aromatic heterocycles. The Kier molecular flexibility index (Phi) is 49.3. The van der Waals surface area contributed by atoms with Crippen LogP contribution in [0.3, 0.4) is 0 Å². The van der Waals surface area contributed by atoms with Crippen LogP contribution in [0.1, 0.15) is 188 Å². The highest BCUT2D eigenvalue weighted by Crippen LogP contribution is 2.26. The summed E-state index contributed by atoms with van der Waals surface area (Å²) in [5.41, 5.74) is 0. The Morgan fingerprint density at radius 2 is 0.765 bits per heavy atom. The van der Waals surface area contributed by atoms with Crippen molar-refractivity contribution < 1.29 is 58.2 Å². The second-order valence-electron chi connectivity index (χ2n) is 19.5. The molecule has 0 aromatic rings. The van der Waals surface area contributed by atoms with Crippen LogP contribution in [0.5, 0.6) is 0 Å². The molecule has 1 fully saturated rings. The maximum atomic E-state index is 13.1. The zero-order valence-electron chi connectivity index (χ0n) is 49.4. The minimum atomic E-state index is -1.95. The van der Waals surface area contributed by atoms with Gasteiger partial charge in [-0.25, -0.2) is 4.79 Å². The smallest absolute Gasteiger partial charge is 0.335 e. The van der Waals surface area contributed by atoms with Gasteiger partial charge < -0.3 is 39.0 Å². The number of rotatable bonds is 48. The van der Waals surface area contributed by atoms with Crippen molar-refractivity contribution in [1.29, 1.82) is 0 Å². The lowest BCUT2D eigenvalue weighted by Gasteiger charge is -2.40. The third-order valence-electron chi connectivity index (χ3n) is 12.3. The van der Waals surface area contributed by atoms with Crippen molar-refractivity contribution in [3.63, 3.8) is 0 Å². The number of esters is 3. The number of carbonyl (C=O) groups excluding carboxylic acids is 3. The molecule has 12 nitrogen and oxygen atoms in total. The van der Waals surface area contributed by atoms with Gasteiger partial charge in [0.15, 0.2) is 24.6 Å². The maximum Gasteiger partial charge on any atom is 0.335 e. The number of aliphatic hydroxyl groups excluding tert-OH is 2. The molecule has 1 aliphatic rings. The van der Waals surface area contributed by atoms with E-state index in [4.69, 9.17) is 23.7 Å². The lowest BCUT2D eigenvalue weighted by atomic mass is 9.98. The molecule has 3 N–H and O–H groups in total. The highest BCUT2D eigenvalue weighted by Gasteiger charge is 2.50. The van der Waals surface area contributed by atoms with Crippen LogP contribution in [0.4, 0.5) is 0 Å². The predicted octanol–water partition coefficient (Wildman–Crippen LogP) is 15.9. The van der Waals surface area contributed by atoms with Crippen molar-refractivity contribution in [1.82, 2.24) is 0 Å². The Bertz CT molecular complexity index is 2060. The molecule has 81 heavy (non-hydrogen) atoms. The van der Waals surface area contributed by atoms with Crippen LogP contribution in [-0.2, 0) is 42.9 Å². The molecule has 1 heterocycles. The predicted molar refractivity (Wildman–Crippen MR) is 330 cm³/mol. The molecule has 0 saturated carbocycles. The fourth-order valence-corrected chi connectivity index (χ4v) is 7.78. The third kappa shape index (κ3) is 44.4. The standard InChI is InChI=1S/C69H102O12/c1-4-7-10-13-16-19-22-25-28-30-31-33-36-39-42-45-48-51-54-57-63(72)80-67-65(74)64(73)66(68(75)76)81-69(67)78-59-60(79-62(71)56-53-50-47-44-41-38-34-27-24-21-18-15-12-9-6-3)58-77-61(70)55-52-49-46-43-40-37-35-32-29-26-23-20-17-14-11-8-5-2/h7-12,16-21,25-29,31,33-35,37,39,41-42,44,48,51,60,64-67,69,73-74H,4-6,13-15,22-24,30,32,36,38,40,43,45-47,49-50,52-59H2,1-3H3,(H,75,76)/b10-7-,11-8-,12-9-,19-16-,20-17-,21-18-,28-25-,29-26-,33-31-,34-27-,37-35-,42-39-,44-41-,51-48-. The Morgan fingerprint density at radius 3 is 1.19 bits per heavy atom. The number of aliphatic carboxylic acids is 1. The average molecular weight is 1120 g/mol. The highest BCUT2D eigenvalue weighted by atomic mass is 16.7. The summed E-state index contributed by atoms with van der Waals surface area (Å²) in [5, 5.41) is 31.5. The highest BCUT2D eigenvalue weighted by molar-refractivity contribution is 5.74. The first-order valence-corrected chi connectivity index (χ1v) is 30.1. The van der Waals surface area contributed by atoms with Gasteiger partial charge in [-0.05, 0) is 135 Å². The van der Waals surface area contributed by atoms with E-state index in [0.29, 0.717) is 25.7 Å². The van der Waals surface area contributed by atoms with Crippen LogP contribution in [0.25, 0.3) is 0 Å². The number of aliphatic hydroxyl groups is 2. The fraction of sp³-hybridized carbons (Fsp3) is 0.536. The molecule has 0 aliphatic carbocycles. The zero-order valence-corrected chi connectivity index (χ0v) is 49.4. The number of unbranched alkanes of at least 4 members (excludes halogenated alkanes) is 6. The first-order valence-electron chi connectivity index (χ1n) is 30.1. The van der Waals surface area contributed by atoms with Gasteiger partial charge in [0.2, 0.25) is 0 Å². The molecule has 1 aliphatic heterocycles. The van der Waals surface area contributed by atoms with Gasteiger partial charge in [-0.15, -0.1) is 0 Å². The van der Waals surface area contributed by atoms with Gasteiger partial charge in [0.1, 0.15) is 18.8 Å². The molecule has 450 valence electrons. The van der Waals surface area contributed by atoms with E-state index in [1.54, 1.807) is 0 Å². The number of carboxylic acids is 1. The number of allylic oxidation sites excluding steroid dienone is 28. The second kappa shape index (κ2) is 54.7. The van der Waals surface area contributed by atoms with Crippen molar-refractivity contribution >= 4 is 23.9 Å². The number of carbonyl (C=O) groups is 4. The SMILES string of the molecule is CC/C=C\C/C=C\C/C=C\C/C=C\C/C=C\C/C=C\CCC(=O)OC1C(OCC(COC(=O)CCCCCC/C=C\C/C=C\C/C=C\C/C=C\CC)OC(=O)CCCC/C=C\C/C=C\C/C=C\C/C=C\CC)OC(C(=O)O)C(O)C1O. The molecule has 0 bridgehead atoms. The number of hydrogen-bond acceptors (Lipinski definition) is 11. The topological polar surface area (TPSA) is 175 Å². The summed E-state index contributed by atoms with van der Waals surface area (Å²) < 4.78 is 28.3. The molecule has 6 atom stereocenters. The minimum Gasteiger partial charge on any atom is -0.479 e. The van der Waals surface area contributed by atoms with Crippen LogP contribution >= 0.6 is 0 Å². The Balaban J connectivity index is 2.79. The molecule has 12 heteroatoms. The zero-order chi connectivity index (χ0) is 58.9. The molecule has 0 amide bonds. The molecule has 6 unspecified atom stereocenters. The molecule has 1 saturated heterocycles. The van der Waals surface area contributed by atoms with E-state index in [0.717, 1.165) is 122 Å². The van der Waals surface area contributed by atoms with Crippen molar-refractivity contribution in [2.45, 2.75) is 225 Å². The summed E-state index contributed by atoms with van der Waals surface area (Å²) in [6.07, 6.45) is 69.0. The summed E-state index contributed by atoms with van der Waals surface area (Å²) in [6.45, 7) is 5.54. The van der Waals surface area contributed by atoms with Gasteiger partial charge in [0.05, 0.1) is 6.61 Å². The number of hydrogen-bond donors (Lipinski definition) is 3. The van der Waals surface area contributed by atoms with Gasteiger partial charge in [0.25, 0.3) is 0 Å². The minimum absolute atomic E-state index is 0.0830. The van der Waals surface area contributed by atoms with Gasteiger partial charge in [-0.1, -0.05) is 204 Å². The van der Waals surface area contributed by atoms with Crippen molar-refractivity contribution in [3.05, 3.63) is 170 Å². The second-order valence-corrected chi connectivity index (χ2v) is 19.5. The lowest BCUT2D eigenvalue weighted by molar-refractivity contribution is -0.301. The van der Waals surface area contributed by atoms with Crippen LogP contribution < -0.4 is 0 Å². The molecular formula is C69H102O12. The summed E-state index contributed by atoms with van der Waals surface area (Å²) in [6, 6.07) is 0. The normalized spacial score (nSPS) is 19.0. The summed E-state index contributed by atoms with van der Waals surface area (Å²) in [5.74, 6) is -3.35. The first kappa shape index (κ1) is 73.1. The summed E-state index contributed by atoms with van der Waals surface area (Å²) >= 11 is 0. The largest absolute Gasteiger partial charge is 0.479 e. The summed E-state index contributed by atoms with van der Waals surface area (Å²) in [4.78, 5) is 51.2. The molecule has 0 radical (unpaired) electrons. The Hall–Kier alpha value is -5.92. The molecule has 0 spiro atoms. The maximum absolute atomic E-state index is 13.1. The third-order valence-corrected chi connectivity index (χ3v) is 12.3. The monoisotopic (exact) mass is 1120 g/mol. The first-order chi connectivity index (χ1) is 39.6. The van der Waals surface area contributed by atoms with Gasteiger partial charge >= 0.3 is 23.9 Å². The Labute approximate surface area is 487 Å². The van der Waals surface area contributed by atoms with E-state index < -0.39 is 67.3 Å². The van der Waals surface area contributed by atoms with E-state index in [1.165, 1.54) is 0 Å². The molecule has 1 rings (SSSR count). The van der Waals surface area contributed by atoms with Crippen LogP contribution in [0.15, 0.2) is 170 Å². The summed E-state index contributed by atoms with van der Waals surface area (Å²) in [7, 11) is 0. The quantitative estimate of drug-likeness (QED) is 0.0228. The van der Waals surface area contributed by atoms with Gasteiger partial charge in [-0.2, -0.15) is 0 Å². The lowest BCUT2D eigenvalue weighted by Crippen LogP contribution is -2.61. The van der Waals surface area contributed by atoms with Crippen LogP contribution in [0, 0.1) is 0 Å². The number of carboxylic acid groups (broad SMARTS) is 1. The van der Waals surface area contributed by atoms with E-state index in [-0.39, 0.29) is 25.9 Å². The van der Waals surface area contributed by atoms with Crippen molar-refractivity contribution in [3.8, 4) is 0 Å². The Morgan fingerprint density at radius 1 is 0.407 bits per heavy atom. The van der Waals surface area contributed by atoms with E-state index >= 15 is 0 Å². The molecular weight excluding hydrogens is 1020 g/mol. The van der Waals surface area contributed by atoms with E-state index in [2.05, 4.69) is 173 Å². The van der Waals surface area contributed by atoms with Crippen LogP contribution in [-0.4, -0.2) is 89.2 Å². The van der Waals surface area contributed by atoms with E-state index in [9.17, 15) is 34.5 Å². The van der Waals surface area contributed by atoms with Gasteiger partial charge in [-0.3, -0.25) is 14.4 Å². The molecule has 0 aromatic carbocycles. The van der Waals surface area contributed by atoms with Crippen LogP contribution in [0.2, 0.25) is 0 Å². The average Bonchev–Trinajstić information content (AvgIpc) is 3.54. The fourth-order valence-electron chi connectivity index (χ4n) is 7.78.